The molecule has 2 rings (SSSR count). The van der Waals surface area contributed by atoms with Crippen LogP contribution in [-0.2, 0) is 4.79 Å². The Bertz CT molecular complexity index is 287. The van der Waals surface area contributed by atoms with Crippen LogP contribution in [0.3, 0.4) is 0 Å². The predicted octanol–water partition coefficient (Wildman–Crippen LogP) is 1.15. The minimum absolute atomic E-state index is 0.0350. The number of nitrogens with two attached hydrogens (primary N) is 1. The van der Waals surface area contributed by atoms with Gasteiger partial charge in [0.1, 0.15) is 0 Å². The lowest BCUT2D eigenvalue weighted by Gasteiger charge is -2.24. The fourth-order valence-electron chi connectivity index (χ4n) is 2.73. The minimum atomic E-state index is 0.0350. The van der Waals surface area contributed by atoms with Crippen molar-refractivity contribution in [3.8, 4) is 0 Å². The first kappa shape index (κ1) is 10.7. The van der Waals surface area contributed by atoms with E-state index in [1.807, 2.05) is 17.1 Å². The summed E-state index contributed by atoms with van der Waals surface area (Å²) in [4.78, 5) is 14.2. The molecule has 2 aliphatic rings. The molecule has 3 heteroatoms. The summed E-state index contributed by atoms with van der Waals surface area (Å²) in [5.74, 6) is 0.951. The fraction of sp³-hybridized carbons (Fsp3) is 0.750. The first-order chi connectivity index (χ1) is 7.08. The molecule has 4 atom stereocenters. The monoisotopic (exact) mass is 208 g/mol. The highest BCUT2D eigenvalue weighted by Crippen LogP contribution is 2.27. The second-order valence-corrected chi connectivity index (χ2v) is 5.07. The van der Waals surface area contributed by atoms with Crippen LogP contribution in [0.15, 0.2) is 12.2 Å². The molecule has 1 saturated heterocycles. The molecule has 0 bridgehead atoms. The maximum atomic E-state index is 12.2. The Morgan fingerprint density at radius 1 is 1.33 bits per heavy atom. The van der Waals surface area contributed by atoms with E-state index in [1.165, 1.54) is 0 Å². The molecule has 0 aromatic heterocycles. The summed E-state index contributed by atoms with van der Waals surface area (Å²) in [5, 5.41) is 0. The summed E-state index contributed by atoms with van der Waals surface area (Å²) in [5.41, 5.74) is 5.77. The zero-order valence-corrected chi connectivity index (χ0v) is 9.52. The van der Waals surface area contributed by atoms with Gasteiger partial charge in [0.2, 0.25) is 5.91 Å². The van der Waals surface area contributed by atoms with Gasteiger partial charge >= 0.3 is 0 Å². The lowest BCUT2D eigenvalue weighted by molar-refractivity contribution is -0.134. The van der Waals surface area contributed by atoms with Gasteiger partial charge in [-0.25, -0.2) is 0 Å². The van der Waals surface area contributed by atoms with E-state index < -0.39 is 0 Å². The molecule has 0 saturated carbocycles. The fourth-order valence-corrected chi connectivity index (χ4v) is 2.73. The van der Waals surface area contributed by atoms with E-state index in [9.17, 15) is 4.79 Å². The molecule has 2 N–H and O–H groups in total. The molecular weight excluding hydrogens is 188 g/mol. The first-order valence-electron chi connectivity index (χ1n) is 5.82. The number of hydrogen-bond acceptors (Lipinski definition) is 2. The first-order valence-corrected chi connectivity index (χ1v) is 5.82. The largest absolute Gasteiger partial charge is 0.339 e. The molecule has 84 valence electrons. The van der Waals surface area contributed by atoms with Crippen LogP contribution in [0.5, 0.6) is 0 Å². The highest BCUT2D eigenvalue weighted by Gasteiger charge is 2.34. The molecule has 1 heterocycles. The van der Waals surface area contributed by atoms with E-state index in [0.29, 0.717) is 12.0 Å². The zero-order chi connectivity index (χ0) is 11.0. The maximum Gasteiger partial charge on any atom is 0.229 e. The molecule has 1 amide bonds. The van der Waals surface area contributed by atoms with Gasteiger partial charge < -0.3 is 10.6 Å². The van der Waals surface area contributed by atoms with Crippen molar-refractivity contribution in [2.75, 3.05) is 6.54 Å². The van der Waals surface area contributed by atoms with E-state index in [4.69, 9.17) is 5.73 Å². The summed E-state index contributed by atoms with van der Waals surface area (Å²) in [7, 11) is 0. The van der Waals surface area contributed by atoms with Crippen molar-refractivity contribution >= 4 is 5.91 Å². The van der Waals surface area contributed by atoms with Crippen molar-refractivity contribution in [2.24, 2.45) is 17.6 Å². The lowest BCUT2D eigenvalue weighted by Crippen LogP contribution is -2.38. The van der Waals surface area contributed by atoms with Gasteiger partial charge in [0.15, 0.2) is 0 Å². The van der Waals surface area contributed by atoms with Crippen molar-refractivity contribution in [2.45, 2.75) is 38.8 Å². The Balaban J connectivity index is 1.99. The van der Waals surface area contributed by atoms with Gasteiger partial charge in [-0.05, 0) is 25.7 Å². The number of hydrogen-bond donors (Lipinski definition) is 1. The summed E-state index contributed by atoms with van der Waals surface area (Å²) in [6.45, 7) is 5.26. The molecule has 1 aliphatic heterocycles. The van der Waals surface area contributed by atoms with Crippen LogP contribution in [0.1, 0.15) is 26.7 Å². The van der Waals surface area contributed by atoms with Gasteiger partial charge in [-0.2, -0.15) is 0 Å². The smallest absolute Gasteiger partial charge is 0.229 e. The molecule has 0 radical (unpaired) electrons. The molecular formula is C12H20N2O. The van der Waals surface area contributed by atoms with Crippen LogP contribution in [0.25, 0.3) is 0 Å². The number of carbonyl (C=O) groups is 1. The SMILES string of the molecule is CC1CC(C)N(C(=O)C2C=CC(N)C2)C1. The third kappa shape index (κ3) is 2.07. The van der Waals surface area contributed by atoms with E-state index in [-0.39, 0.29) is 17.9 Å². The number of likely N-dealkylation sites (tertiary alicyclic amines) is 1. The minimum Gasteiger partial charge on any atom is -0.339 e. The van der Waals surface area contributed by atoms with Crippen molar-refractivity contribution in [1.82, 2.24) is 4.90 Å². The quantitative estimate of drug-likeness (QED) is 0.657. The van der Waals surface area contributed by atoms with Crippen molar-refractivity contribution < 1.29 is 4.79 Å². The number of amides is 1. The van der Waals surface area contributed by atoms with E-state index >= 15 is 0 Å². The second-order valence-electron chi connectivity index (χ2n) is 5.07. The Labute approximate surface area is 91.3 Å². The third-order valence-corrected chi connectivity index (χ3v) is 3.50. The second kappa shape index (κ2) is 3.97. The normalized spacial score (nSPS) is 40.1. The molecule has 4 unspecified atom stereocenters. The average molecular weight is 208 g/mol. The van der Waals surface area contributed by atoms with Gasteiger partial charge in [0.05, 0.1) is 5.92 Å². The Morgan fingerprint density at radius 3 is 2.53 bits per heavy atom. The molecule has 0 aromatic rings. The molecule has 0 aromatic carbocycles. The number of rotatable bonds is 1. The predicted molar refractivity (Wildman–Crippen MR) is 60.2 cm³/mol. The van der Waals surface area contributed by atoms with Crippen LogP contribution in [0.4, 0.5) is 0 Å². The number of carbonyl (C=O) groups excluding carboxylic acids is 1. The maximum absolute atomic E-state index is 12.2. The van der Waals surface area contributed by atoms with Crippen LogP contribution < -0.4 is 5.73 Å². The Morgan fingerprint density at radius 2 is 2.07 bits per heavy atom. The molecule has 1 fully saturated rings. The molecule has 0 spiro atoms. The highest BCUT2D eigenvalue weighted by molar-refractivity contribution is 5.81. The zero-order valence-electron chi connectivity index (χ0n) is 9.52. The van der Waals surface area contributed by atoms with Crippen LogP contribution in [0, 0.1) is 11.8 Å². The van der Waals surface area contributed by atoms with Crippen LogP contribution in [0.2, 0.25) is 0 Å². The van der Waals surface area contributed by atoms with Crippen molar-refractivity contribution in [3.63, 3.8) is 0 Å². The Hall–Kier alpha value is -0.830. The Kier molecular flexibility index (Phi) is 2.83. The standard InChI is InChI=1S/C12H20N2O/c1-8-5-9(2)14(7-8)12(15)10-3-4-11(13)6-10/h3-4,8-11H,5-7,13H2,1-2H3. The topological polar surface area (TPSA) is 46.3 Å². The van der Waals surface area contributed by atoms with Gasteiger partial charge in [-0.3, -0.25) is 4.79 Å². The van der Waals surface area contributed by atoms with E-state index in [1.54, 1.807) is 0 Å². The van der Waals surface area contributed by atoms with Crippen LogP contribution in [-0.4, -0.2) is 29.4 Å². The molecule has 15 heavy (non-hydrogen) atoms. The van der Waals surface area contributed by atoms with Crippen molar-refractivity contribution in [3.05, 3.63) is 12.2 Å². The van der Waals surface area contributed by atoms with Crippen LogP contribution >= 0.6 is 0 Å². The van der Waals surface area contributed by atoms with E-state index in [0.717, 1.165) is 19.4 Å². The summed E-state index contributed by atoms with van der Waals surface area (Å²) >= 11 is 0. The van der Waals surface area contributed by atoms with Gasteiger partial charge in [-0.15, -0.1) is 0 Å². The average Bonchev–Trinajstić information content (AvgIpc) is 2.71. The highest BCUT2D eigenvalue weighted by atomic mass is 16.2. The van der Waals surface area contributed by atoms with Gasteiger partial charge in [0.25, 0.3) is 0 Å². The lowest BCUT2D eigenvalue weighted by atomic mass is 10.1. The summed E-state index contributed by atoms with van der Waals surface area (Å²) in [6, 6.07) is 0.479. The summed E-state index contributed by atoms with van der Waals surface area (Å²) < 4.78 is 0. The third-order valence-electron chi connectivity index (χ3n) is 3.50. The summed E-state index contributed by atoms with van der Waals surface area (Å²) in [6.07, 6.45) is 5.85. The van der Waals surface area contributed by atoms with Gasteiger partial charge in [-0.1, -0.05) is 19.1 Å². The van der Waals surface area contributed by atoms with E-state index in [2.05, 4.69) is 13.8 Å². The van der Waals surface area contributed by atoms with Crippen molar-refractivity contribution in [1.29, 1.82) is 0 Å². The molecule has 1 aliphatic carbocycles. The molecule has 3 nitrogen and oxygen atoms in total. The van der Waals surface area contributed by atoms with Gasteiger partial charge in [0, 0.05) is 18.6 Å². The number of nitrogens with zero attached hydrogens (tertiary/aromatic N) is 1.